The van der Waals surface area contributed by atoms with Gasteiger partial charge in [0.2, 0.25) is 0 Å². The number of carbonyl (C=O) groups is 1. The molecule has 2 unspecified atom stereocenters. The van der Waals surface area contributed by atoms with Gasteiger partial charge in [0.25, 0.3) is 0 Å². The maximum absolute atomic E-state index is 10.5. The first-order chi connectivity index (χ1) is 6.07. The number of hydrogen-bond acceptors (Lipinski definition) is 4. The van der Waals surface area contributed by atoms with Crippen molar-refractivity contribution in [3.8, 4) is 0 Å². The van der Waals surface area contributed by atoms with E-state index in [2.05, 4.69) is 10.6 Å². The molecule has 2 atom stereocenters. The van der Waals surface area contributed by atoms with Crippen LogP contribution in [-0.2, 0) is 4.79 Å². The predicted octanol–water partition coefficient (Wildman–Crippen LogP) is -0.633. The highest BCUT2D eigenvalue weighted by atomic mass is 16.4. The Hall–Kier alpha value is -0.650. The number of likely N-dealkylation sites (N-methyl/N-ethyl adjacent to an activating group) is 1. The van der Waals surface area contributed by atoms with Gasteiger partial charge in [0.1, 0.15) is 12.3 Å². The summed E-state index contributed by atoms with van der Waals surface area (Å²) in [6.07, 6.45) is 0.756. The molecule has 0 aromatic carbocycles. The highest BCUT2D eigenvalue weighted by Crippen LogP contribution is 1.95. The lowest BCUT2D eigenvalue weighted by Crippen LogP contribution is -2.35. The van der Waals surface area contributed by atoms with E-state index >= 15 is 0 Å². The molecule has 0 aliphatic rings. The zero-order valence-corrected chi connectivity index (χ0v) is 8.08. The van der Waals surface area contributed by atoms with Crippen molar-refractivity contribution in [2.24, 2.45) is 0 Å². The fraction of sp³-hybridized carbons (Fsp3) is 0.875. The van der Waals surface area contributed by atoms with Crippen molar-refractivity contribution in [3.05, 3.63) is 0 Å². The zero-order valence-electron chi connectivity index (χ0n) is 8.08. The summed E-state index contributed by atoms with van der Waals surface area (Å²) < 4.78 is 0. The third-order valence-corrected chi connectivity index (χ3v) is 1.76. The van der Waals surface area contributed by atoms with Crippen molar-refractivity contribution in [3.63, 3.8) is 0 Å². The number of aliphatic hydroxyl groups is 1. The van der Waals surface area contributed by atoms with Crippen molar-refractivity contribution < 1.29 is 15.0 Å². The van der Waals surface area contributed by atoms with E-state index in [1.165, 1.54) is 0 Å². The molecule has 0 aliphatic heterocycles. The van der Waals surface area contributed by atoms with Gasteiger partial charge in [-0.15, -0.1) is 0 Å². The van der Waals surface area contributed by atoms with E-state index in [1.54, 1.807) is 14.0 Å². The van der Waals surface area contributed by atoms with E-state index in [0.29, 0.717) is 13.0 Å². The van der Waals surface area contributed by atoms with Gasteiger partial charge in [-0.3, -0.25) is 10.1 Å². The number of hydrogen-bond donors (Lipinski definition) is 4. The summed E-state index contributed by atoms with van der Waals surface area (Å²) in [5.41, 5.74) is 0. The lowest BCUT2D eigenvalue weighted by atomic mass is 10.1. The van der Waals surface area contributed by atoms with Crippen LogP contribution < -0.4 is 10.6 Å². The van der Waals surface area contributed by atoms with Crippen molar-refractivity contribution in [1.29, 1.82) is 0 Å². The second kappa shape index (κ2) is 6.82. The van der Waals surface area contributed by atoms with Crippen LogP contribution in [0, 0.1) is 0 Å². The number of aliphatic carboxylic acids is 1. The third-order valence-electron chi connectivity index (χ3n) is 1.76. The Bertz CT molecular complexity index is 150. The Morgan fingerprint density at radius 1 is 1.54 bits per heavy atom. The molecule has 0 saturated heterocycles. The molecule has 0 aromatic rings. The summed E-state index contributed by atoms with van der Waals surface area (Å²) in [7, 11) is 1.63. The van der Waals surface area contributed by atoms with Crippen molar-refractivity contribution in [2.45, 2.75) is 32.0 Å². The summed E-state index contributed by atoms with van der Waals surface area (Å²) in [6.45, 7) is 2.26. The zero-order chi connectivity index (χ0) is 10.3. The quantitative estimate of drug-likeness (QED) is 0.317. The Balaban J connectivity index is 3.44. The second-order valence-electron chi connectivity index (χ2n) is 2.95. The Kier molecular flexibility index (Phi) is 6.48. The van der Waals surface area contributed by atoms with Crippen molar-refractivity contribution >= 4 is 5.97 Å². The van der Waals surface area contributed by atoms with E-state index in [1.807, 2.05) is 0 Å². The second-order valence-corrected chi connectivity index (χ2v) is 2.95. The van der Waals surface area contributed by atoms with Gasteiger partial charge < -0.3 is 15.5 Å². The summed E-state index contributed by atoms with van der Waals surface area (Å²) in [5.74, 6) is -0.834. The fourth-order valence-corrected chi connectivity index (χ4v) is 1.01. The molecule has 0 bridgehead atoms. The highest BCUT2D eigenvalue weighted by Gasteiger charge is 2.13. The van der Waals surface area contributed by atoms with Crippen LogP contribution in [0.1, 0.15) is 19.8 Å². The minimum Gasteiger partial charge on any atom is -0.480 e. The van der Waals surface area contributed by atoms with Crippen LogP contribution >= 0.6 is 0 Å². The normalized spacial score (nSPS) is 15.3. The standard InChI is InChI=1S/C8H18N2O3/c1-6(11)10-5-3-4-7(9-2)8(12)13/h6-7,9-11H,3-5H2,1-2H3,(H,12,13). The lowest BCUT2D eigenvalue weighted by molar-refractivity contribution is -0.139. The molecule has 0 aromatic heterocycles. The number of carboxylic acid groups (broad SMARTS) is 1. The van der Waals surface area contributed by atoms with Gasteiger partial charge in [-0.1, -0.05) is 0 Å². The molecule has 0 heterocycles. The van der Waals surface area contributed by atoms with E-state index in [0.717, 1.165) is 6.42 Å². The summed E-state index contributed by atoms with van der Waals surface area (Å²) in [5, 5.41) is 23.0. The average Bonchev–Trinajstić information content (AvgIpc) is 2.03. The molecule has 0 rings (SSSR count). The van der Waals surface area contributed by atoms with Gasteiger partial charge >= 0.3 is 5.97 Å². The summed E-state index contributed by atoms with van der Waals surface area (Å²) in [4.78, 5) is 10.5. The molecule has 0 amide bonds. The maximum Gasteiger partial charge on any atom is 0.320 e. The van der Waals surface area contributed by atoms with Crippen LogP contribution in [0.15, 0.2) is 0 Å². The SMILES string of the molecule is CNC(CCCNC(C)O)C(=O)O. The van der Waals surface area contributed by atoms with Gasteiger partial charge in [-0.2, -0.15) is 0 Å². The van der Waals surface area contributed by atoms with Gasteiger partial charge in [0.15, 0.2) is 0 Å². The van der Waals surface area contributed by atoms with E-state index in [9.17, 15) is 4.79 Å². The predicted molar refractivity (Wildman–Crippen MR) is 49.4 cm³/mol. The third kappa shape index (κ3) is 6.51. The molecular formula is C8H18N2O3. The van der Waals surface area contributed by atoms with Gasteiger partial charge in [-0.25, -0.2) is 0 Å². The van der Waals surface area contributed by atoms with Crippen LogP contribution in [0.3, 0.4) is 0 Å². The van der Waals surface area contributed by atoms with Crippen molar-refractivity contribution in [2.75, 3.05) is 13.6 Å². The monoisotopic (exact) mass is 190 g/mol. The minimum absolute atomic E-state index is 0.490. The molecule has 5 heteroatoms. The van der Waals surface area contributed by atoms with E-state index < -0.39 is 18.2 Å². The van der Waals surface area contributed by atoms with Gasteiger partial charge in [0, 0.05) is 0 Å². The number of nitrogens with one attached hydrogen (secondary N) is 2. The van der Waals surface area contributed by atoms with Crippen LogP contribution in [-0.4, -0.2) is 42.0 Å². The highest BCUT2D eigenvalue weighted by molar-refractivity contribution is 5.73. The number of carboxylic acids is 1. The topological polar surface area (TPSA) is 81.6 Å². The molecule has 0 saturated carbocycles. The van der Waals surface area contributed by atoms with Crippen LogP contribution in [0.4, 0.5) is 0 Å². The maximum atomic E-state index is 10.5. The average molecular weight is 190 g/mol. The molecular weight excluding hydrogens is 172 g/mol. The Morgan fingerprint density at radius 3 is 2.54 bits per heavy atom. The van der Waals surface area contributed by atoms with Gasteiger partial charge in [0.05, 0.1) is 0 Å². The summed E-state index contributed by atoms with van der Waals surface area (Å²) >= 11 is 0. The van der Waals surface area contributed by atoms with Gasteiger partial charge in [-0.05, 0) is 33.4 Å². The molecule has 0 radical (unpaired) electrons. The minimum atomic E-state index is -0.834. The molecule has 13 heavy (non-hydrogen) atoms. The Labute approximate surface area is 78.1 Å². The molecule has 0 spiro atoms. The van der Waals surface area contributed by atoms with Crippen molar-refractivity contribution in [1.82, 2.24) is 10.6 Å². The fourth-order valence-electron chi connectivity index (χ4n) is 1.01. The molecule has 0 aliphatic carbocycles. The lowest BCUT2D eigenvalue weighted by Gasteiger charge is -2.11. The number of rotatable bonds is 7. The molecule has 78 valence electrons. The van der Waals surface area contributed by atoms with Crippen LogP contribution in [0.25, 0.3) is 0 Å². The van der Waals surface area contributed by atoms with Crippen LogP contribution in [0.2, 0.25) is 0 Å². The largest absolute Gasteiger partial charge is 0.480 e. The summed E-state index contributed by atoms with van der Waals surface area (Å²) in [6, 6.07) is -0.490. The molecule has 4 N–H and O–H groups in total. The first kappa shape index (κ1) is 12.3. The first-order valence-corrected chi connectivity index (χ1v) is 4.39. The molecule has 0 fully saturated rings. The smallest absolute Gasteiger partial charge is 0.320 e. The molecule has 5 nitrogen and oxygen atoms in total. The first-order valence-electron chi connectivity index (χ1n) is 4.39. The van der Waals surface area contributed by atoms with E-state index in [-0.39, 0.29) is 0 Å². The van der Waals surface area contributed by atoms with Crippen LogP contribution in [0.5, 0.6) is 0 Å². The number of aliphatic hydroxyl groups excluding tert-OH is 1. The Morgan fingerprint density at radius 2 is 2.15 bits per heavy atom. The van der Waals surface area contributed by atoms with E-state index in [4.69, 9.17) is 10.2 Å².